The van der Waals surface area contributed by atoms with Crippen LogP contribution in [-0.2, 0) is 11.2 Å². The van der Waals surface area contributed by atoms with Crippen LogP contribution in [0.2, 0.25) is 0 Å². The summed E-state index contributed by atoms with van der Waals surface area (Å²) in [6.45, 7) is 5.36. The molecule has 19 heavy (non-hydrogen) atoms. The zero-order chi connectivity index (χ0) is 14.1. The Morgan fingerprint density at radius 2 is 2.00 bits per heavy atom. The van der Waals surface area contributed by atoms with Gasteiger partial charge in [0.25, 0.3) is 0 Å². The first kappa shape index (κ1) is 15.8. The molecule has 0 fully saturated rings. The third kappa shape index (κ3) is 7.05. The van der Waals surface area contributed by atoms with Crippen LogP contribution in [0.1, 0.15) is 19.4 Å². The largest absolute Gasteiger partial charge is 0.461 e. The van der Waals surface area contributed by atoms with Gasteiger partial charge in [-0.1, -0.05) is 13.8 Å². The molecule has 0 amide bonds. The Bertz CT molecular complexity index is 343. The number of aliphatic hydroxyl groups excluding tert-OH is 1. The number of aromatic nitrogens is 2. The van der Waals surface area contributed by atoms with Crippen LogP contribution in [0.25, 0.3) is 0 Å². The summed E-state index contributed by atoms with van der Waals surface area (Å²) in [6.07, 6.45) is 3.62. The monoisotopic (exact) mass is 269 g/mol. The third-order valence-corrected chi connectivity index (χ3v) is 2.44. The fourth-order valence-corrected chi connectivity index (χ4v) is 1.37. The number of nitrogens with one attached hydrogen (secondary N) is 1. The minimum atomic E-state index is -0.570. The Morgan fingerprint density at radius 1 is 1.32 bits per heavy atom. The number of hydrogen-bond donors (Lipinski definition) is 2. The molecule has 0 aliphatic carbocycles. The highest BCUT2D eigenvalue weighted by molar-refractivity contribution is 5.07. The summed E-state index contributed by atoms with van der Waals surface area (Å²) < 4.78 is 10.3. The first-order valence-corrected chi connectivity index (χ1v) is 6.46. The Labute approximate surface area is 114 Å². The van der Waals surface area contributed by atoms with E-state index in [2.05, 4.69) is 15.3 Å². The molecule has 1 unspecified atom stereocenters. The molecule has 6 heteroatoms. The molecule has 0 radical (unpaired) electrons. The fourth-order valence-electron chi connectivity index (χ4n) is 1.37. The van der Waals surface area contributed by atoms with Crippen molar-refractivity contribution in [2.24, 2.45) is 0 Å². The second-order valence-corrected chi connectivity index (χ2v) is 4.64. The summed E-state index contributed by atoms with van der Waals surface area (Å²) in [5.41, 5.74) is 0.997. The Balaban J connectivity index is 2.29. The molecule has 1 aromatic heterocycles. The van der Waals surface area contributed by atoms with Gasteiger partial charge in [-0.3, -0.25) is 0 Å². The molecule has 1 heterocycles. The molecule has 6 nitrogen and oxygen atoms in total. The Kier molecular flexibility index (Phi) is 7.32. The lowest BCUT2D eigenvalue weighted by Gasteiger charge is -2.14. The van der Waals surface area contributed by atoms with E-state index in [4.69, 9.17) is 9.47 Å². The number of ether oxygens (including phenoxy) is 2. The normalized spacial score (nSPS) is 12.7. The van der Waals surface area contributed by atoms with E-state index in [-0.39, 0.29) is 12.6 Å². The highest BCUT2D eigenvalue weighted by atomic mass is 16.5. The van der Waals surface area contributed by atoms with Gasteiger partial charge >= 0.3 is 6.01 Å². The molecule has 0 saturated carbocycles. The van der Waals surface area contributed by atoms with Crippen molar-refractivity contribution < 1.29 is 14.6 Å². The van der Waals surface area contributed by atoms with E-state index in [0.29, 0.717) is 19.2 Å². The molecule has 0 spiro atoms. The number of nitrogens with zero attached hydrogens (tertiary/aromatic N) is 2. The summed E-state index contributed by atoms with van der Waals surface area (Å²) in [6, 6.07) is 0.621. The summed E-state index contributed by atoms with van der Waals surface area (Å²) in [7, 11) is 1.66. The van der Waals surface area contributed by atoms with Crippen molar-refractivity contribution >= 4 is 0 Å². The maximum absolute atomic E-state index is 9.67. The predicted molar refractivity (Wildman–Crippen MR) is 72.3 cm³/mol. The number of aliphatic hydroxyl groups is 1. The van der Waals surface area contributed by atoms with Crippen LogP contribution in [0.4, 0.5) is 0 Å². The van der Waals surface area contributed by atoms with Gasteiger partial charge < -0.3 is 19.9 Å². The Hall–Kier alpha value is -1.24. The van der Waals surface area contributed by atoms with Gasteiger partial charge in [-0.2, -0.15) is 0 Å². The fraction of sp³-hybridized carbons (Fsp3) is 0.692. The minimum Gasteiger partial charge on any atom is -0.461 e. The topological polar surface area (TPSA) is 76.5 Å². The van der Waals surface area contributed by atoms with Crippen LogP contribution >= 0.6 is 0 Å². The molecule has 108 valence electrons. The van der Waals surface area contributed by atoms with Crippen LogP contribution in [-0.4, -0.2) is 54.1 Å². The average molecular weight is 269 g/mol. The molecule has 2 N–H and O–H groups in total. The smallest absolute Gasteiger partial charge is 0.316 e. The lowest BCUT2D eigenvalue weighted by molar-refractivity contribution is 0.0992. The zero-order valence-electron chi connectivity index (χ0n) is 11.8. The minimum absolute atomic E-state index is 0.178. The van der Waals surface area contributed by atoms with E-state index < -0.39 is 6.10 Å². The molecule has 0 bridgehead atoms. The molecule has 0 saturated heterocycles. The van der Waals surface area contributed by atoms with Crippen LogP contribution in [0, 0.1) is 0 Å². The SMILES string of the molecule is COCCc1cnc(OCC(O)CNC(C)C)nc1. The van der Waals surface area contributed by atoms with Crippen molar-refractivity contribution in [3.63, 3.8) is 0 Å². The van der Waals surface area contributed by atoms with Crippen LogP contribution in [0.15, 0.2) is 12.4 Å². The van der Waals surface area contributed by atoms with E-state index in [1.54, 1.807) is 19.5 Å². The summed E-state index contributed by atoms with van der Waals surface area (Å²) >= 11 is 0. The zero-order valence-corrected chi connectivity index (χ0v) is 11.8. The van der Waals surface area contributed by atoms with E-state index in [1.165, 1.54) is 0 Å². The first-order chi connectivity index (χ1) is 9.11. The highest BCUT2D eigenvalue weighted by Crippen LogP contribution is 2.04. The maximum Gasteiger partial charge on any atom is 0.316 e. The van der Waals surface area contributed by atoms with Crippen molar-refractivity contribution in [2.75, 3.05) is 26.9 Å². The summed E-state index contributed by atoms with van der Waals surface area (Å²) in [5, 5.41) is 12.8. The van der Waals surface area contributed by atoms with Gasteiger partial charge in [0.2, 0.25) is 0 Å². The van der Waals surface area contributed by atoms with Gasteiger partial charge in [-0.05, 0) is 12.0 Å². The summed E-state index contributed by atoms with van der Waals surface area (Å²) in [5.74, 6) is 0. The van der Waals surface area contributed by atoms with Crippen LogP contribution < -0.4 is 10.1 Å². The van der Waals surface area contributed by atoms with Crippen molar-refractivity contribution in [1.29, 1.82) is 0 Å². The van der Waals surface area contributed by atoms with Crippen molar-refractivity contribution in [3.8, 4) is 6.01 Å². The van der Waals surface area contributed by atoms with E-state index in [9.17, 15) is 5.11 Å². The van der Waals surface area contributed by atoms with Crippen LogP contribution in [0.3, 0.4) is 0 Å². The predicted octanol–water partition coefficient (Wildman–Crippen LogP) is 0.403. The van der Waals surface area contributed by atoms with Crippen molar-refractivity contribution in [3.05, 3.63) is 18.0 Å². The van der Waals surface area contributed by atoms with Crippen LogP contribution in [0.5, 0.6) is 6.01 Å². The second-order valence-electron chi connectivity index (χ2n) is 4.64. The van der Waals surface area contributed by atoms with Gasteiger partial charge in [0, 0.05) is 32.1 Å². The molecule has 1 atom stereocenters. The lowest BCUT2D eigenvalue weighted by atomic mass is 10.3. The molecule has 1 rings (SSSR count). The number of hydrogen-bond acceptors (Lipinski definition) is 6. The van der Waals surface area contributed by atoms with Gasteiger partial charge in [0.05, 0.1) is 6.61 Å². The van der Waals surface area contributed by atoms with Gasteiger partial charge in [-0.15, -0.1) is 0 Å². The van der Waals surface area contributed by atoms with Crippen molar-refractivity contribution in [2.45, 2.75) is 32.4 Å². The van der Waals surface area contributed by atoms with Gasteiger partial charge in [-0.25, -0.2) is 9.97 Å². The molecule has 0 aliphatic rings. The summed E-state index contributed by atoms with van der Waals surface area (Å²) in [4.78, 5) is 8.16. The van der Waals surface area contributed by atoms with Gasteiger partial charge in [0.15, 0.2) is 0 Å². The highest BCUT2D eigenvalue weighted by Gasteiger charge is 2.07. The quantitative estimate of drug-likeness (QED) is 0.676. The number of rotatable bonds is 9. The molecular weight excluding hydrogens is 246 g/mol. The maximum atomic E-state index is 9.67. The first-order valence-electron chi connectivity index (χ1n) is 6.46. The molecule has 0 aliphatic heterocycles. The van der Waals surface area contributed by atoms with E-state index in [1.807, 2.05) is 13.8 Å². The average Bonchev–Trinajstić information content (AvgIpc) is 2.41. The molecule has 1 aromatic rings. The second kappa shape index (κ2) is 8.79. The third-order valence-electron chi connectivity index (χ3n) is 2.44. The van der Waals surface area contributed by atoms with Gasteiger partial charge in [0.1, 0.15) is 12.7 Å². The van der Waals surface area contributed by atoms with E-state index in [0.717, 1.165) is 12.0 Å². The number of methoxy groups -OCH3 is 1. The Morgan fingerprint density at radius 3 is 2.58 bits per heavy atom. The molecule has 0 aromatic carbocycles. The lowest BCUT2D eigenvalue weighted by Crippen LogP contribution is -2.35. The van der Waals surface area contributed by atoms with E-state index >= 15 is 0 Å². The van der Waals surface area contributed by atoms with Crippen molar-refractivity contribution in [1.82, 2.24) is 15.3 Å². The molecular formula is C13H23N3O3. The standard InChI is InChI=1S/C13H23N3O3/c1-10(2)14-8-12(17)9-19-13-15-6-11(7-16-13)4-5-18-3/h6-7,10,12,14,17H,4-5,8-9H2,1-3H3.